The van der Waals surface area contributed by atoms with Crippen molar-refractivity contribution in [1.82, 2.24) is 9.55 Å². The summed E-state index contributed by atoms with van der Waals surface area (Å²) >= 11 is 0. The summed E-state index contributed by atoms with van der Waals surface area (Å²) in [6.07, 6.45) is 0.510. The van der Waals surface area contributed by atoms with Crippen LogP contribution in [0.5, 0.6) is 5.75 Å². The maximum atomic E-state index is 14.5. The Balaban J connectivity index is 2.35. The lowest BCUT2D eigenvalue weighted by Crippen LogP contribution is -2.14. The van der Waals surface area contributed by atoms with Gasteiger partial charge < -0.3 is 14.0 Å². The molecule has 6 heteroatoms. The monoisotopic (exact) mass is 384 g/mol. The fourth-order valence-electron chi connectivity index (χ4n) is 3.28. The number of carbonyl (C=O) groups excluding carboxylic acids is 1. The molecular weight excluding hydrogens is 359 g/mol. The lowest BCUT2D eigenvalue weighted by Gasteiger charge is -2.12. The predicted octanol–water partition coefficient (Wildman–Crippen LogP) is 4.91. The van der Waals surface area contributed by atoms with Gasteiger partial charge in [-0.05, 0) is 51.0 Å². The molecule has 0 radical (unpaired) electrons. The molecule has 28 heavy (non-hydrogen) atoms. The number of carbonyl (C=O) groups is 1. The van der Waals surface area contributed by atoms with Crippen LogP contribution in [0.3, 0.4) is 0 Å². The van der Waals surface area contributed by atoms with Crippen molar-refractivity contribution in [2.75, 3.05) is 6.61 Å². The largest absolute Gasteiger partial charge is 0.486 e. The number of pyridine rings is 1. The maximum absolute atomic E-state index is 14.5. The average Bonchev–Trinajstić information content (AvgIpc) is 2.92. The predicted molar refractivity (Wildman–Crippen MR) is 107 cm³/mol. The third kappa shape index (κ3) is 3.46. The molecule has 5 nitrogen and oxygen atoms in total. The van der Waals surface area contributed by atoms with Gasteiger partial charge in [-0.2, -0.15) is 0 Å². The van der Waals surface area contributed by atoms with Crippen LogP contribution in [0.1, 0.15) is 43.7 Å². The van der Waals surface area contributed by atoms with Crippen LogP contribution in [-0.4, -0.2) is 28.2 Å². The van der Waals surface area contributed by atoms with Crippen molar-refractivity contribution in [1.29, 1.82) is 0 Å². The van der Waals surface area contributed by atoms with Crippen molar-refractivity contribution >= 4 is 17.0 Å². The van der Waals surface area contributed by atoms with Crippen molar-refractivity contribution < 1.29 is 18.7 Å². The highest BCUT2D eigenvalue weighted by Gasteiger charge is 2.27. The first-order valence-electron chi connectivity index (χ1n) is 9.49. The van der Waals surface area contributed by atoms with Crippen LogP contribution < -0.4 is 4.74 Å². The van der Waals surface area contributed by atoms with E-state index in [0.717, 1.165) is 11.1 Å². The standard InChI is InChI=1S/C22H25FN2O3/c1-6-14-12-17-19(24-18(14)15-10-8-9-11-16(15)23)21(28-13(3)4)20(25(17)5)22(26)27-7-2/h8-13H,6-7H2,1-5H3. The van der Waals surface area contributed by atoms with Crippen LogP contribution in [0.25, 0.3) is 22.3 Å². The number of aryl methyl sites for hydroxylation is 2. The van der Waals surface area contributed by atoms with E-state index in [1.54, 1.807) is 36.7 Å². The van der Waals surface area contributed by atoms with E-state index in [1.807, 2.05) is 26.8 Å². The summed E-state index contributed by atoms with van der Waals surface area (Å²) in [5.74, 6) is -0.438. The third-order valence-electron chi connectivity index (χ3n) is 4.54. The van der Waals surface area contributed by atoms with Gasteiger partial charge in [-0.1, -0.05) is 19.1 Å². The zero-order valence-corrected chi connectivity index (χ0v) is 16.9. The molecule has 0 aliphatic rings. The molecule has 0 bridgehead atoms. The number of hydrogen-bond donors (Lipinski definition) is 0. The molecule has 0 aliphatic carbocycles. The fourth-order valence-corrected chi connectivity index (χ4v) is 3.28. The molecule has 0 unspecified atom stereocenters. The highest BCUT2D eigenvalue weighted by atomic mass is 19.1. The first-order chi connectivity index (χ1) is 13.4. The van der Waals surface area contributed by atoms with E-state index in [9.17, 15) is 9.18 Å². The Kier molecular flexibility index (Phi) is 5.68. The van der Waals surface area contributed by atoms with Gasteiger partial charge in [0.2, 0.25) is 0 Å². The molecule has 0 fully saturated rings. The fraction of sp³-hybridized carbons (Fsp3) is 0.364. The molecule has 0 spiro atoms. The second kappa shape index (κ2) is 8.00. The number of benzene rings is 1. The summed E-state index contributed by atoms with van der Waals surface area (Å²) in [4.78, 5) is 17.4. The minimum Gasteiger partial charge on any atom is -0.486 e. The molecule has 3 aromatic rings. The lowest BCUT2D eigenvalue weighted by molar-refractivity contribution is 0.0509. The van der Waals surface area contributed by atoms with E-state index in [0.29, 0.717) is 34.6 Å². The van der Waals surface area contributed by atoms with E-state index in [2.05, 4.69) is 0 Å². The van der Waals surface area contributed by atoms with E-state index < -0.39 is 5.97 Å². The van der Waals surface area contributed by atoms with Crippen molar-refractivity contribution in [3.05, 3.63) is 47.4 Å². The first kappa shape index (κ1) is 19.9. The Bertz CT molecular complexity index is 1020. The number of aromatic nitrogens is 2. The normalized spacial score (nSPS) is 11.2. The minimum atomic E-state index is -0.468. The zero-order valence-electron chi connectivity index (χ0n) is 16.9. The van der Waals surface area contributed by atoms with Crippen molar-refractivity contribution in [2.24, 2.45) is 7.05 Å². The second-order valence-corrected chi connectivity index (χ2v) is 6.82. The van der Waals surface area contributed by atoms with Crippen LogP contribution in [0, 0.1) is 5.82 Å². The summed E-state index contributed by atoms with van der Waals surface area (Å²) in [5.41, 5.74) is 3.46. The summed E-state index contributed by atoms with van der Waals surface area (Å²) in [5, 5.41) is 0. The summed E-state index contributed by atoms with van der Waals surface area (Å²) in [6, 6.07) is 8.50. The van der Waals surface area contributed by atoms with Crippen LogP contribution in [-0.2, 0) is 18.2 Å². The molecule has 1 aromatic carbocycles. The van der Waals surface area contributed by atoms with Crippen molar-refractivity contribution in [2.45, 2.75) is 40.2 Å². The zero-order chi connectivity index (χ0) is 20.4. The smallest absolute Gasteiger partial charge is 0.358 e. The minimum absolute atomic E-state index is 0.164. The second-order valence-electron chi connectivity index (χ2n) is 6.82. The van der Waals surface area contributed by atoms with Gasteiger partial charge in [-0.15, -0.1) is 0 Å². The summed E-state index contributed by atoms with van der Waals surface area (Å²) in [6.45, 7) is 7.77. The van der Waals surface area contributed by atoms with Crippen LogP contribution in [0.15, 0.2) is 30.3 Å². The van der Waals surface area contributed by atoms with Gasteiger partial charge in [-0.25, -0.2) is 14.2 Å². The quantitative estimate of drug-likeness (QED) is 0.567. The Morgan fingerprint density at radius 1 is 1.25 bits per heavy atom. The van der Waals surface area contributed by atoms with E-state index in [4.69, 9.17) is 14.5 Å². The first-order valence-corrected chi connectivity index (χ1v) is 9.49. The molecule has 0 aliphatic heterocycles. The highest BCUT2D eigenvalue weighted by Crippen LogP contribution is 2.36. The number of esters is 1. The van der Waals surface area contributed by atoms with E-state index in [-0.39, 0.29) is 18.5 Å². The lowest BCUT2D eigenvalue weighted by atomic mass is 10.0. The van der Waals surface area contributed by atoms with Gasteiger partial charge >= 0.3 is 5.97 Å². The molecule has 0 amide bonds. The van der Waals surface area contributed by atoms with Gasteiger partial charge in [-0.3, -0.25) is 0 Å². The van der Waals surface area contributed by atoms with E-state index >= 15 is 0 Å². The molecule has 0 saturated heterocycles. The molecule has 0 saturated carbocycles. The molecule has 2 aromatic heterocycles. The Morgan fingerprint density at radius 3 is 2.57 bits per heavy atom. The molecule has 0 N–H and O–H groups in total. The Hall–Kier alpha value is -2.89. The molecule has 148 valence electrons. The van der Waals surface area contributed by atoms with Crippen LogP contribution in [0.2, 0.25) is 0 Å². The molecule has 2 heterocycles. The number of halogens is 1. The third-order valence-corrected chi connectivity index (χ3v) is 4.54. The highest BCUT2D eigenvalue weighted by molar-refractivity contribution is 6.01. The van der Waals surface area contributed by atoms with Gasteiger partial charge in [0.1, 0.15) is 11.3 Å². The number of hydrogen-bond acceptors (Lipinski definition) is 4. The van der Waals surface area contributed by atoms with Gasteiger partial charge in [0.05, 0.1) is 23.9 Å². The topological polar surface area (TPSA) is 53.4 Å². The molecular formula is C22H25FN2O3. The van der Waals surface area contributed by atoms with E-state index in [1.165, 1.54) is 6.07 Å². The van der Waals surface area contributed by atoms with Crippen LogP contribution in [0.4, 0.5) is 4.39 Å². The van der Waals surface area contributed by atoms with Gasteiger partial charge in [0.25, 0.3) is 0 Å². The SMILES string of the molecule is CCOC(=O)c1c(OC(C)C)c2nc(-c3ccccc3F)c(CC)cc2n1C. The van der Waals surface area contributed by atoms with Crippen molar-refractivity contribution in [3.63, 3.8) is 0 Å². The summed E-state index contributed by atoms with van der Waals surface area (Å²) in [7, 11) is 1.78. The maximum Gasteiger partial charge on any atom is 0.358 e. The Morgan fingerprint density at radius 2 is 1.96 bits per heavy atom. The number of fused-ring (bicyclic) bond motifs is 1. The van der Waals surface area contributed by atoms with Crippen LogP contribution >= 0.6 is 0 Å². The Labute approximate surface area is 164 Å². The van der Waals surface area contributed by atoms with Gasteiger partial charge in [0.15, 0.2) is 11.4 Å². The average molecular weight is 384 g/mol. The van der Waals surface area contributed by atoms with Gasteiger partial charge in [0, 0.05) is 12.6 Å². The molecule has 3 rings (SSSR count). The summed E-state index contributed by atoms with van der Waals surface area (Å²) < 4.78 is 27.4. The number of nitrogens with zero attached hydrogens (tertiary/aromatic N) is 2. The number of rotatable bonds is 6. The molecule has 0 atom stereocenters. The number of ether oxygens (including phenoxy) is 2. The van der Waals surface area contributed by atoms with Crippen molar-refractivity contribution in [3.8, 4) is 17.0 Å².